The normalized spacial score (nSPS) is 14.0. The molecule has 0 unspecified atom stereocenters. The van der Waals surface area contributed by atoms with Crippen LogP contribution in [0, 0.1) is 18.3 Å². The lowest BCUT2D eigenvalue weighted by molar-refractivity contribution is -0.132. The second kappa shape index (κ2) is 8.13. The summed E-state index contributed by atoms with van der Waals surface area (Å²) in [6.45, 7) is 6.14. The fourth-order valence-electron chi connectivity index (χ4n) is 3.37. The molecule has 8 heteroatoms. The van der Waals surface area contributed by atoms with Gasteiger partial charge in [0.1, 0.15) is 18.2 Å². The molecule has 0 radical (unpaired) electrons. The first-order chi connectivity index (χ1) is 13.4. The van der Waals surface area contributed by atoms with E-state index in [9.17, 15) is 14.4 Å². The van der Waals surface area contributed by atoms with Gasteiger partial charge in [0.25, 0.3) is 5.56 Å². The highest BCUT2D eigenvalue weighted by atomic mass is 16.2. The lowest BCUT2D eigenvalue weighted by Crippen LogP contribution is -2.51. The zero-order chi connectivity index (χ0) is 20.3. The maximum Gasteiger partial charge on any atom is 0.331 e. The average Bonchev–Trinajstić information content (AvgIpc) is 2.71. The third-order valence-electron chi connectivity index (χ3n) is 4.99. The summed E-state index contributed by atoms with van der Waals surface area (Å²) in [7, 11) is 0. The van der Waals surface area contributed by atoms with Crippen molar-refractivity contribution in [2.24, 2.45) is 0 Å². The molecule has 28 heavy (non-hydrogen) atoms. The minimum Gasteiger partial charge on any atom is -0.368 e. The number of carbonyl (C=O) groups is 1. The van der Waals surface area contributed by atoms with Crippen molar-refractivity contribution in [2.45, 2.75) is 26.9 Å². The Kier molecular flexibility index (Phi) is 5.64. The molecule has 0 saturated carbocycles. The fraction of sp³-hybridized carbons (Fsp3) is 0.400. The first kappa shape index (κ1) is 19.4. The molecular weight excluding hydrogens is 358 g/mol. The van der Waals surface area contributed by atoms with Crippen LogP contribution in [-0.4, -0.2) is 46.1 Å². The monoisotopic (exact) mass is 381 g/mol. The molecular formula is C20H23N5O3. The van der Waals surface area contributed by atoms with Gasteiger partial charge in [-0.05, 0) is 31.5 Å². The van der Waals surface area contributed by atoms with E-state index in [1.165, 1.54) is 16.3 Å². The largest absolute Gasteiger partial charge is 0.368 e. The van der Waals surface area contributed by atoms with Gasteiger partial charge in [0.2, 0.25) is 5.91 Å². The summed E-state index contributed by atoms with van der Waals surface area (Å²) in [5.74, 6) is -0.291. The molecule has 1 fully saturated rings. The summed E-state index contributed by atoms with van der Waals surface area (Å²) in [5, 5.41) is 9.11. The Balaban J connectivity index is 1.73. The SMILES string of the molecule is CCn1cc(C#N)c(=O)n(CC(=O)N2CCN(c3cccc(C)c3)CC2)c1=O. The van der Waals surface area contributed by atoms with Crippen molar-refractivity contribution in [3.05, 3.63) is 62.4 Å². The van der Waals surface area contributed by atoms with Crippen molar-refractivity contribution >= 4 is 11.6 Å². The zero-order valence-corrected chi connectivity index (χ0v) is 16.1. The Hall–Kier alpha value is -3.34. The number of piperazine rings is 1. The quantitative estimate of drug-likeness (QED) is 0.772. The summed E-state index contributed by atoms with van der Waals surface area (Å²) < 4.78 is 2.13. The minimum atomic E-state index is -0.719. The van der Waals surface area contributed by atoms with Gasteiger partial charge in [-0.25, -0.2) is 9.36 Å². The Labute approximate surface area is 162 Å². The van der Waals surface area contributed by atoms with E-state index in [4.69, 9.17) is 5.26 Å². The first-order valence-electron chi connectivity index (χ1n) is 9.28. The van der Waals surface area contributed by atoms with E-state index < -0.39 is 11.2 Å². The molecule has 0 bridgehead atoms. The highest BCUT2D eigenvalue weighted by Crippen LogP contribution is 2.17. The van der Waals surface area contributed by atoms with Gasteiger partial charge >= 0.3 is 5.69 Å². The number of carbonyl (C=O) groups excluding carboxylic acids is 1. The molecule has 1 saturated heterocycles. The summed E-state index contributed by atoms with van der Waals surface area (Å²) in [6, 6.07) is 10.00. The Morgan fingerprint density at radius 2 is 1.89 bits per heavy atom. The topological polar surface area (TPSA) is 91.3 Å². The number of amides is 1. The highest BCUT2D eigenvalue weighted by Gasteiger charge is 2.23. The Morgan fingerprint density at radius 1 is 1.18 bits per heavy atom. The van der Waals surface area contributed by atoms with E-state index >= 15 is 0 Å². The van der Waals surface area contributed by atoms with Crippen LogP contribution in [0.1, 0.15) is 18.1 Å². The van der Waals surface area contributed by atoms with Crippen LogP contribution in [-0.2, 0) is 17.9 Å². The summed E-state index contributed by atoms with van der Waals surface area (Å²) in [4.78, 5) is 41.3. The Morgan fingerprint density at radius 3 is 2.50 bits per heavy atom. The molecule has 1 aromatic heterocycles. The smallest absolute Gasteiger partial charge is 0.331 e. The number of aryl methyl sites for hydroxylation is 2. The lowest BCUT2D eigenvalue weighted by Gasteiger charge is -2.36. The van der Waals surface area contributed by atoms with Crippen molar-refractivity contribution in [1.82, 2.24) is 14.0 Å². The highest BCUT2D eigenvalue weighted by molar-refractivity contribution is 5.76. The lowest BCUT2D eigenvalue weighted by atomic mass is 10.2. The van der Waals surface area contributed by atoms with Crippen LogP contribution in [0.25, 0.3) is 0 Å². The van der Waals surface area contributed by atoms with Crippen molar-refractivity contribution in [3.8, 4) is 6.07 Å². The predicted octanol–water partition coefficient (Wildman–Crippen LogP) is 0.559. The van der Waals surface area contributed by atoms with Gasteiger partial charge in [-0.1, -0.05) is 12.1 Å². The molecule has 3 rings (SSSR count). The number of nitriles is 1. The van der Waals surface area contributed by atoms with Crippen molar-refractivity contribution < 1.29 is 4.79 Å². The molecule has 0 spiro atoms. The number of aromatic nitrogens is 2. The van der Waals surface area contributed by atoms with Crippen LogP contribution in [0.2, 0.25) is 0 Å². The van der Waals surface area contributed by atoms with Gasteiger partial charge in [0.05, 0.1) is 0 Å². The summed E-state index contributed by atoms with van der Waals surface area (Å²) in [6.07, 6.45) is 1.24. The number of hydrogen-bond donors (Lipinski definition) is 0. The van der Waals surface area contributed by atoms with Gasteiger partial charge in [-0.2, -0.15) is 5.26 Å². The van der Waals surface area contributed by atoms with E-state index in [1.807, 2.05) is 25.1 Å². The second-order valence-electron chi connectivity index (χ2n) is 6.82. The average molecular weight is 381 g/mol. The third-order valence-corrected chi connectivity index (χ3v) is 4.99. The maximum atomic E-state index is 12.7. The molecule has 0 aliphatic carbocycles. The standard InChI is InChI=1S/C20H23N5O3/c1-3-22-13-16(12-21)19(27)25(20(22)28)14-18(26)24-9-7-23(8-10-24)17-6-4-5-15(2)11-17/h4-6,11,13H,3,7-10,14H2,1-2H3. The zero-order valence-electron chi connectivity index (χ0n) is 16.1. The molecule has 8 nitrogen and oxygen atoms in total. The minimum absolute atomic E-state index is 0.140. The van der Waals surface area contributed by atoms with Crippen molar-refractivity contribution in [1.29, 1.82) is 5.26 Å². The summed E-state index contributed by atoms with van der Waals surface area (Å²) >= 11 is 0. The number of nitrogens with zero attached hydrogens (tertiary/aromatic N) is 5. The van der Waals surface area contributed by atoms with E-state index in [1.54, 1.807) is 17.9 Å². The van der Waals surface area contributed by atoms with Gasteiger partial charge in [0.15, 0.2) is 0 Å². The number of rotatable bonds is 4. The molecule has 0 N–H and O–H groups in total. The first-order valence-corrected chi connectivity index (χ1v) is 9.28. The number of benzene rings is 1. The molecule has 2 heterocycles. The third kappa shape index (κ3) is 3.83. The molecule has 1 amide bonds. The predicted molar refractivity (Wildman–Crippen MR) is 105 cm³/mol. The van der Waals surface area contributed by atoms with Crippen LogP contribution in [0.4, 0.5) is 5.69 Å². The molecule has 1 aliphatic heterocycles. The molecule has 146 valence electrons. The number of anilines is 1. The van der Waals surface area contributed by atoms with Crippen LogP contribution in [0.5, 0.6) is 0 Å². The molecule has 2 aromatic rings. The van der Waals surface area contributed by atoms with E-state index in [2.05, 4.69) is 11.0 Å². The van der Waals surface area contributed by atoms with Crippen molar-refractivity contribution in [2.75, 3.05) is 31.1 Å². The second-order valence-corrected chi connectivity index (χ2v) is 6.82. The van der Waals surface area contributed by atoms with Crippen LogP contribution in [0.3, 0.4) is 0 Å². The van der Waals surface area contributed by atoms with Gasteiger partial charge < -0.3 is 9.80 Å². The van der Waals surface area contributed by atoms with Crippen LogP contribution in [0.15, 0.2) is 40.1 Å². The molecule has 0 atom stereocenters. The van der Waals surface area contributed by atoms with Gasteiger partial charge in [-0.15, -0.1) is 0 Å². The van der Waals surface area contributed by atoms with Crippen LogP contribution < -0.4 is 16.1 Å². The van der Waals surface area contributed by atoms with Crippen molar-refractivity contribution in [3.63, 3.8) is 0 Å². The van der Waals surface area contributed by atoms with E-state index in [0.717, 1.165) is 10.3 Å². The Bertz CT molecular complexity index is 1040. The maximum absolute atomic E-state index is 12.7. The van der Waals surface area contributed by atoms with Gasteiger partial charge in [0, 0.05) is 44.6 Å². The van der Waals surface area contributed by atoms with E-state index in [0.29, 0.717) is 32.7 Å². The molecule has 1 aliphatic rings. The fourth-order valence-corrected chi connectivity index (χ4v) is 3.37. The summed E-state index contributed by atoms with van der Waals surface area (Å²) in [5.41, 5.74) is 0.872. The van der Waals surface area contributed by atoms with Gasteiger partial charge in [-0.3, -0.25) is 14.2 Å². The number of hydrogen-bond acceptors (Lipinski definition) is 5. The van der Waals surface area contributed by atoms with E-state index in [-0.39, 0.29) is 18.0 Å². The van der Waals surface area contributed by atoms with Crippen LogP contribution >= 0.6 is 0 Å². The molecule has 1 aromatic carbocycles.